The van der Waals surface area contributed by atoms with Crippen LogP contribution in [0.4, 0.5) is 5.69 Å². The first-order chi connectivity index (χ1) is 9.10. The van der Waals surface area contributed by atoms with E-state index >= 15 is 0 Å². The molecule has 0 spiro atoms. The van der Waals surface area contributed by atoms with Crippen molar-refractivity contribution in [3.05, 3.63) is 52.3 Å². The predicted molar refractivity (Wildman–Crippen MR) is 77.6 cm³/mol. The van der Waals surface area contributed by atoms with Crippen molar-refractivity contribution >= 4 is 27.5 Å². The number of nitrogens with zero attached hydrogens (tertiary/aromatic N) is 1. The fraction of sp³-hybridized carbons (Fsp3) is 0.143. The second kappa shape index (κ2) is 5.84. The van der Waals surface area contributed by atoms with Crippen LogP contribution in [-0.2, 0) is 0 Å². The molecule has 0 atom stereocenters. The maximum atomic E-state index is 12.0. The Labute approximate surface area is 119 Å². The smallest absolute Gasteiger partial charge is 0.274 e. The molecule has 1 N–H and O–H groups in total. The molecule has 0 radical (unpaired) electrons. The number of aromatic nitrogens is 1. The van der Waals surface area contributed by atoms with Crippen LogP contribution < -0.4 is 10.1 Å². The molecule has 0 aliphatic heterocycles. The Balaban J connectivity index is 2.19. The van der Waals surface area contributed by atoms with Gasteiger partial charge in [0.25, 0.3) is 5.91 Å². The van der Waals surface area contributed by atoms with E-state index in [0.717, 1.165) is 17.0 Å². The normalized spacial score (nSPS) is 10.1. The molecule has 0 fully saturated rings. The molecule has 0 unspecified atom stereocenters. The summed E-state index contributed by atoms with van der Waals surface area (Å²) in [6, 6.07) is 10.7. The maximum Gasteiger partial charge on any atom is 0.274 e. The van der Waals surface area contributed by atoms with Crippen molar-refractivity contribution in [1.29, 1.82) is 0 Å². The number of methoxy groups -OCH3 is 1. The molecular formula is C14H13BrN2O2. The van der Waals surface area contributed by atoms with Gasteiger partial charge in [-0.15, -0.1) is 0 Å². The topological polar surface area (TPSA) is 51.2 Å². The maximum absolute atomic E-state index is 12.0. The van der Waals surface area contributed by atoms with Crippen molar-refractivity contribution in [3.63, 3.8) is 0 Å². The van der Waals surface area contributed by atoms with Gasteiger partial charge in [0.15, 0.2) is 0 Å². The Kier molecular flexibility index (Phi) is 4.16. The van der Waals surface area contributed by atoms with Gasteiger partial charge in [-0.3, -0.25) is 4.79 Å². The SMILES string of the molecule is COc1ccc(NC(=O)c2cccc(Br)n2)c(C)c1. The zero-order valence-corrected chi connectivity index (χ0v) is 12.2. The highest BCUT2D eigenvalue weighted by Gasteiger charge is 2.09. The standard InChI is InChI=1S/C14H13BrN2O2/c1-9-8-10(19-2)6-7-11(9)17-14(18)12-4-3-5-13(15)16-12/h3-8H,1-2H3,(H,17,18). The molecule has 1 heterocycles. The summed E-state index contributed by atoms with van der Waals surface area (Å²) in [6.45, 7) is 1.91. The highest BCUT2D eigenvalue weighted by atomic mass is 79.9. The number of pyridine rings is 1. The second-order valence-electron chi connectivity index (χ2n) is 3.98. The van der Waals surface area contributed by atoms with Crippen LogP contribution in [0.2, 0.25) is 0 Å². The lowest BCUT2D eigenvalue weighted by Crippen LogP contribution is -2.14. The van der Waals surface area contributed by atoms with Gasteiger partial charge in [0.05, 0.1) is 7.11 Å². The van der Waals surface area contributed by atoms with Gasteiger partial charge in [0, 0.05) is 5.69 Å². The number of anilines is 1. The van der Waals surface area contributed by atoms with E-state index in [2.05, 4.69) is 26.2 Å². The number of amides is 1. The number of halogens is 1. The van der Waals surface area contributed by atoms with Crippen molar-refractivity contribution in [2.24, 2.45) is 0 Å². The lowest BCUT2D eigenvalue weighted by molar-refractivity contribution is 0.102. The number of rotatable bonds is 3. The largest absolute Gasteiger partial charge is 0.497 e. The minimum Gasteiger partial charge on any atom is -0.497 e. The van der Waals surface area contributed by atoms with Gasteiger partial charge in [-0.1, -0.05) is 6.07 Å². The fourth-order valence-electron chi connectivity index (χ4n) is 1.62. The molecule has 19 heavy (non-hydrogen) atoms. The minimum absolute atomic E-state index is 0.241. The molecule has 1 aromatic heterocycles. The van der Waals surface area contributed by atoms with Crippen LogP contribution in [0.3, 0.4) is 0 Å². The van der Waals surface area contributed by atoms with Gasteiger partial charge in [0.1, 0.15) is 16.0 Å². The first kappa shape index (κ1) is 13.5. The minimum atomic E-state index is -0.241. The first-order valence-corrected chi connectivity index (χ1v) is 6.48. The zero-order valence-electron chi connectivity index (χ0n) is 10.6. The summed E-state index contributed by atoms with van der Waals surface area (Å²) in [6.07, 6.45) is 0. The average Bonchev–Trinajstić information content (AvgIpc) is 2.41. The van der Waals surface area contributed by atoms with Crippen molar-refractivity contribution in [2.75, 3.05) is 12.4 Å². The van der Waals surface area contributed by atoms with Crippen LogP contribution >= 0.6 is 15.9 Å². The molecule has 2 aromatic rings. The average molecular weight is 321 g/mol. The summed E-state index contributed by atoms with van der Waals surface area (Å²) >= 11 is 3.24. The van der Waals surface area contributed by atoms with Crippen LogP contribution in [0.25, 0.3) is 0 Å². The van der Waals surface area contributed by atoms with Crippen LogP contribution in [0, 0.1) is 6.92 Å². The molecule has 5 heteroatoms. The van der Waals surface area contributed by atoms with Crippen LogP contribution in [-0.4, -0.2) is 18.0 Å². The van der Waals surface area contributed by atoms with Crippen molar-refractivity contribution < 1.29 is 9.53 Å². The number of carbonyl (C=O) groups excluding carboxylic acids is 1. The van der Waals surface area contributed by atoms with Crippen LogP contribution in [0.1, 0.15) is 16.1 Å². The lowest BCUT2D eigenvalue weighted by Gasteiger charge is -2.09. The third-order valence-corrected chi connectivity index (χ3v) is 3.07. The van der Waals surface area contributed by atoms with E-state index in [0.29, 0.717) is 10.3 Å². The monoisotopic (exact) mass is 320 g/mol. The Morgan fingerprint density at radius 2 is 2.11 bits per heavy atom. The quantitative estimate of drug-likeness (QED) is 0.882. The summed E-state index contributed by atoms with van der Waals surface area (Å²) in [7, 11) is 1.61. The van der Waals surface area contributed by atoms with Crippen LogP contribution in [0.15, 0.2) is 41.0 Å². The number of aryl methyl sites for hydroxylation is 1. The predicted octanol–water partition coefficient (Wildman–Crippen LogP) is 3.41. The van der Waals surface area contributed by atoms with E-state index in [1.807, 2.05) is 19.1 Å². The van der Waals surface area contributed by atoms with Crippen molar-refractivity contribution in [3.8, 4) is 5.75 Å². The van der Waals surface area contributed by atoms with Crippen LogP contribution in [0.5, 0.6) is 5.75 Å². The Morgan fingerprint density at radius 3 is 2.74 bits per heavy atom. The summed E-state index contributed by atoms with van der Waals surface area (Å²) in [4.78, 5) is 16.2. The number of nitrogens with one attached hydrogen (secondary N) is 1. The Morgan fingerprint density at radius 1 is 1.32 bits per heavy atom. The van der Waals surface area contributed by atoms with E-state index in [1.165, 1.54) is 0 Å². The number of hydrogen-bond donors (Lipinski definition) is 1. The summed E-state index contributed by atoms with van der Waals surface area (Å²) in [5, 5.41) is 2.83. The van der Waals surface area contributed by atoms with E-state index in [1.54, 1.807) is 31.4 Å². The van der Waals surface area contributed by atoms with Gasteiger partial charge >= 0.3 is 0 Å². The van der Waals surface area contributed by atoms with E-state index in [4.69, 9.17) is 4.74 Å². The molecule has 2 rings (SSSR count). The summed E-state index contributed by atoms with van der Waals surface area (Å²) in [5.74, 6) is 0.519. The van der Waals surface area contributed by atoms with E-state index in [-0.39, 0.29) is 5.91 Å². The van der Waals surface area contributed by atoms with Gasteiger partial charge in [0.2, 0.25) is 0 Å². The van der Waals surface area contributed by atoms with E-state index < -0.39 is 0 Å². The highest BCUT2D eigenvalue weighted by Crippen LogP contribution is 2.21. The molecule has 1 aromatic carbocycles. The summed E-state index contributed by atoms with van der Waals surface area (Å²) < 4.78 is 5.76. The molecule has 0 bridgehead atoms. The van der Waals surface area contributed by atoms with Gasteiger partial charge in [-0.2, -0.15) is 0 Å². The Bertz CT molecular complexity index is 614. The first-order valence-electron chi connectivity index (χ1n) is 5.68. The molecule has 98 valence electrons. The number of hydrogen-bond acceptors (Lipinski definition) is 3. The molecule has 0 aliphatic rings. The van der Waals surface area contributed by atoms with Crippen molar-refractivity contribution in [1.82, 2.24) is 4.98 Å². The molecule has 1 amide bonds. The summed E-state index contributed by atoms with van der Waals surface area (Å²) in [5.41, 5.74) is 2.04. The number of ether oxygens (including phenoxy) is 1. The van der Waals surface area contributed by atoms with Crippen molar-refractivity contribution in [2.45, 2.75) is 6.92 Å². The highest BCUT2D eigenvalue weighted by molar-refractivity contribution is 9.10. The Hall–Kier alpha value is -1.88. The number of benzene rings is 1. The van der Waals surface area contributed by atoms with Gasteiger partial charge < -0.3 is 10.1 Å². The third kappa shape index (κ3) is 3.32. The fourth-order valence-corrected chi connectivity index (χ4v) is 1.97. The lowest BCUT2D eigenvalue weighted by atomic mass is 10.2. The zero-order chi connectivity index (χ0) is 13.8. The van der Waals surface area contributed by atoms with Gasteiger partial charge in [-0.25, -0.2) is 4.98 Å². The molecule has 0 saturated carbocycles. The third-order valence-electron chi connectivity index (χ3n) is 2.63. The molecule has 4 nitrogen and oxygen atoms in total. The molecular weight excluding hydrogens is 308 g/mol. The molecule has 0 aliphatic carbocycles. The van der Waals surface area contributed by atoms with Gasteiger partial charge in [-0.05, 0) is 58.7 Å². The number of carbonyl (C=O) groups is 1. The van der Waals surface area contributed by atoms with E-state index in [9.17, 15) is 4.79 Å². The second-order valence-corrected chi connectivity index (χ2v) is 4.79. The molecule has 0 saturated heterocycles.